The van der Waals surface area contributed by atoms with E-state index in [1.807, 2.05) is 6.92 Å². The molecule has 2 N–H and O–H groups in total. The average molecular weight is 336 g/mol. The number of nitrogens with zero attached hydrogens (tertiary/aromatic N) is 2. The Balaban J connectivity index is 2.25. The van der Waals surface area contributed by atoms with Crippen LogP contribution in [0.1, 0.15) is 16.1 Å². The van der Waals surface area contributed by atoms with Crippen LogP contribution >= 0.6 is 11.3 Å². The summed E-state index contributed by atoms with van der Waals surface area (Å²) in [4.78, 5) is 27.0. The molecule has 23 heavy (non-hydrogen) atoms. The van der Waals surface area contributed by atoms with Gasteiger partial charge in [0, 0.05) is 36.9 Å². The van der Waals surface area contributed by atoms with Gasteiger partial charge in [-0.3, -0.25) is 20.2 Å². The quantitative estimate of drug-likeness (QED) is 0.457. The van der Waals surface area contributed by atoms with Crippen LogP contribution in [0.2, 0.25) is 0 Å². The number of methoxy groups -OCH3 is 1. The van der Waals surface area contributed by atoms with Gasteiger partial charge in [-0.15, -0.1) is 11.3 Å². The molecule has 0 radical (unpaired) electrons. The molecule has 9 heteroatoms. The molecule has 1 aromatic heterocycles. The largest absolute Gasteiger partial charge is 0.383 e. The highest BCUT2D eigenvalue weighted by atomic mass is 32.1. The summed E-state index contributed by atoms with van der Waals surface area (Å²) in [5, 5.41) is 18.9. The highest BCUT2D eigenvalue weighted by Gasteiger charge is 2.17. The number of aromatic nitrogens is 1. The number of aryl methyl sites for hydroxylation is 1. The van der Waals surface area contributed by atoms with E-state index in [0.717, 1.165) is 5.69 Å². The zero-order chi connectivity index (χ0) is 16.8. The number of rotatable bonds is 7. The number of ether oxygens (including phenoxy) is 1. The maximum atomic E-state index is 12.4. The van der Waals surface area contributed by atoms with E-state index in [1.165, 1.54) is 29.5 Å². The average Bonchev–Trinajstić information content (AvgIpc) is 2.92. The molecule has 0 aliphatic heterocycles. The molecule has 0 bridgehead atoms. The highest BCUT2D eigenvalue weighted by Crippen LogP contribution is 2.24. The van der Waals surface area contributed by atoms with Gasteiger partial charge in [0.05, 0.1) is 22.8 Å². The van der Waals surface area contributed by atoms with Crippen LogP contribution in [0.5, 0.6) is 0 Å². The number of amides is 1. The lowest BCUT2D eigenvalue weighted by Crippen LogP contribution is -2.16. The summed E-state index contributed by atoms with van der Waals surface area (Å²) >= 11 is 1.29. The summed E-state index contributed by atoms with van der Waals surface area (Å²) in [6.45, 7) is 2.74. The Bertz CT molecular complexity index is 717. The van der Waals surface area contributed by atoms with Gasteiger partial charge >= 0.3 is 0 Å². The number of nitro groups is 1. The molecule has 2 rings (SSSR count). The summed E-state index contributed by atoms with van der Waals surface area (Å²) in [7, 11) is 1.57. The number of non-ortho nitro benzene ring substituents is 1. The third-order valence-corrected chi connectivity index (χ3v) is 3.80. The highest BCUT2D eigenvalue weighted by molar-refractivity contribution is 7.13. The molecule has 0 saturated carbocycles. The molecule has 1 heterocycles. The second kappa shape index (κ2) is 7.65. The van der Waals surface area contributed by atoms with Crippen LogP contribution in [-0.2, 0) is 4.74 Å². The molecule has 2 aromatic rings. The van der Waals surface area contributed by atoms with Gasteiger partial charge in [0.15, 0.2) is 5.13 Å². The molecule has 1 amide bonds. The summed E-state index contributed by atoms with van der Waals surface area (Å²) in [6, 6.07) is 4.10. The Kier molecular flexibility index (Phi) is 5.61. The Morgan fingerprint density at radius 1 is 1.48 bits per heavy atom. The maximum absolute atomic E-state index is 12.4. The van der Waals surface area contributed by atoms with Gasteiger partial charge in [0.25, 0.3) is 11.6 Å². The number of nitrogens with one attached hydrogen (secondary N) is 2. The first kappa shape index (κ1) is 16.8. The number of hydrogen-bond acceptors (Lipinski definition) is 7. The van der Waals surface area contributed by atoms with Crippen molar-refractivity contribution in [2.24, 2.45) is 0 Å². The lowest BCUT2D eigenvalue weighted by atomic mass is 10.1. The van der Waals surface area contributed by atoms with Crippen molar-refractivity contribution >= 4 is 33.8 Å². The van der Waals surface area contributed by atoms with Gasteiger partial charge in [-0.05, 0) is 13.0 Å². The number of benzene rings is 1. The first-order valence-corrected chi connectivity index (χ1v) is 7.64. The van der Waals surface area contributed by atoms with Crippen LogP contribution in [0.3, 0.4) is 0 Å². The first-order valence-electron chi connectivity index (χ1n) is 6.76. The Morgan fingerprint density at radius 3 is 2.87 bits per heavy atom. The van der Waals surface area contributed by atoms with E-state index in [-0.39, 0.29) is 11.3 Å². The van der Waals surface area contributed by atoms with Crippen LogP contribution in [0.15, 0.2) is 23.6 Å². The summed E-state index contributed by atoms with van der Waals surface area (Å²) < 4.78 is 4.94. The molecule has 0 fully saturated rings. The molecular weight excluding hydrogens is 320 g/mol. The van der Waals surface area contributed by atoms with Crippen molar-refractivity contribution in [2.75, 3.05) is 30.9 Å². The van der Waals surface area contributed by atoms with Crippen molar-refractivity contribution < 1.29 is 14.5 Å². The van der Waals surface area contributed by atoms with E-state index < -0.39 is 10.8 Å². The van der Waals surface area contributed by atoms with Gasteiger partial charge in [-0.2, -0.15) is 0 Å². The third kappa shape index (κ3) is 4.47. The smallest absolute Gasteiger partial charge is 0.270 e. The van der Waals surface area contributed by atoms with Crippen molar-refractivity contribution in [3.05, 3.63) is 45.0 Å². The Labute approximate surface area is 136 Å². The minimum atomic E-state index is -0.538. The molecule has 0 atom stereocenters. The standard InChI is InChI=1S/C14H16N4O4S/c1-9-8-23-14(16-9)17-13(19)11-7-10(18(20)21)3-4-12(11)15-5-6-22-2/h3-4,7-8,15H,5-6H2,1-2H3,(H,16,17,19). The maximum Gasteiger partial charge on any atom is 0.270 e. The molecule has 122 valence electrons. The first-order chi connectivity index (χ1) is 11.0. The van der Waals surface area contributed by atoms with Gasteiger partial charge in [0.1, 0.15) is 0 Å². The number of carbonyl (C=O) groups excluding carboxylic acids is 1. The van der Waals surface area contributed by atoms with E-state index in [1.54, 1.807) is 12.5 Å². The zero-order valence-electron chi connectivity index (χ0n) is 12.7. The summed E-state index contributed by atoms with van der Waals surface area (Å²) in [5.41, 5.74) is 1.33. The number of anilines is 2. The fraction of sp³-hybridized carbons (Fsp3) is 0.286. The van der Waals surface area contributed by atoms with E-state index in [2.05, 4.69) is 15.6 Å². The molecule has 0 aliphatic rings. The van der Waals surface area contributed by atoms with Crippen molar-refractivity contribution in [3.63, 3.8) is 0 Å². The van der Waals surface area contributed by atoms with Crippen LogP contribution in [0, 0.1) is 17.0 Å². The number of carbonyl (C=O) groups is 1. The van der Waals surface area contributed by atoms with E-state index in [0.29, 0.717) is 24.0 Å². The van der Waals surface area contributed by atoms with E-state index >= 15 is 0 Å². The lowest BCUT2D eigenvalue weighted by molar-refractivity contribution is -0.384. The molecule has 0 saturated heterocycles. The molecule has 0 spiro atoms. The summed E-state index contributed by atoms with van der Waals surface area (Å²) in [5.74, 6) is -0.456. The molecule has 8 nitrogen and oxygen atoms in total. The Morgan fingerprint density at radius 2 is 2.26 bits per heavy atom. The summed E-state index contributed by atoms with van der Waals surface area (Å²) in [6.07, 6.45) is 0. The topological polar surface area (TPSA) is 106 Å². The van der Waals surface area contributed by atoms with Crippen LogP contribution in [-0.4, -0.2) is 36.1 Å². The lowest BCUT2D eigenvalue weighted by Gasteiger charge is -2.11. The molecule has 1 aromatic carbocycles. The van der Waals surface area contributed by atoms with E-state index in [4.69, 9.17) is 4.74 Å². The predicted molar refractivity (Wildman–Crippen MR) is 88.3 cm³/mol. The SMILES string of the molecule is COCCNc1ccc([N+](=O)[O-])cc1C(=O)Nc1nc(C)cs1. The normalized spacial score (nSPS) is 10.3. The predicted octanol–water partition coefficient (Wildman–Crippen LogP) is 2.67. The third-order valence-electron chi connectivity index (χ3n) is 2.92. The number of hydrogen-bond donors (Lipinski definition) is 2. The fourth-order valence-corrected chi connectivity index (χ4v) is 2.53. The second-order valence-electron chi connectivity index (χ2n) is 4.65. The van der Waals surface area contributed by atoms with Crippen molar-refractivity contribution in [2.45, 2.75) is 6.92 Å². The van der Waals surface area contributed by atoms with Gasteiger partial charge < -0.3 is 10.1 Å². The molecular formula is C14H16N4O4S. The van der Waals surface area contributed by atoms with E-state index in [9.17, 15) is 14.9 Å². The minimum Gasteiger partial charge on any atom is -0.383 e. The zero-order valence-corrected chi connectivity index (χ0v) is 13.5. The Hall–Kier alpha value is -2.52. The fourth-order valence-electron chi connectivity index (χ4n) is 1.85. The van der Waals surface area contributed by atoms with Crippen LogP contribution < -0.4 is 10.6 Å². The number of thiazole rings is 1. The van der Waals surface area contributed by atoms with Gasteiger partial charge in [-0.1, -0.05) is 0 Å². The monoisotopic (exact) mass is 336 g/mol. The minimum absolute atomic E-state index is 0.150. The van der Waals surface area contributed by atoms with Crippen LogP contribution in [0.25, 0.3) is 0 Å². The van der Waals surface area contributed by atoms with Crippen LogP contribution in [0.4, 0.5) is 16.5 Å². The van der Waals surface area contributed by atoms with Crippen molar-refractivity contribution in [1.82, 2.24) is 4.98 Å². The second-order valence-corrected chi connectivity index (χ2v) is 5.51. The van der Waals surface area contributed by atoms with Gasteiger partial charge in [-0.25, -0.2) is 4.98 Å². The van der Waals surface area contributed by atoms with Gasteiger partial charge in [0.2, 0.25) is 0 Å². The molecule has 0 aliphatic carbocycles. The number of nitro benzene ring substituents is 1. The molecule has 0 unspecified atom stereocenters. The van der Waals surface area contributed by atoms with Crippen molar-refractivity contribution in [3.8, 4) is 0 Å². The van der Waals surface area contributed by atoms with Crippen molar-refractivity contribution in [1.29, 1.82) is 0 Å².